The molecule has 1 aliphatic heterocycles. The number of pyridine rings is 1. The molecule has 3 N–H and O–H groups in total. The highest BCUT2D eigenvalue weighted by molar-refractivity contribution is 14.0. The van der Waals surface area contributed by atoms with Gasteiger partial charge in [0.2, 0.25) is 5.88 Å². The average molecular weight is 504 g/mol. The van der Waals surface area contributed by atoms with E-state index in [-0.39, 0.29) is 36.0 Å². The standard InChI is InChI=1S/C20H32N4O3.HI/c1-21-19(24-14-20(7-10-25)8-11-26-15-20)23-13-16-6-9-22-18(12-16)27-17-4-2-3-5-17;/h6,9,12,17,25H,2-5,7-8,10-11,13-15H2,1H3,(H2,21,23,24);1H. The van der Waals surface area contributed by atoms with Crippen LogP contribution in [0.15, 0.2) is 23.3 Å². The molecular formula is C20H33IN4O3. The summed E-state index contributed by atoms with van der Waals surface area (Å²) in [5.74, 6) is 1.45. The van der Waals surface area contributed by atoms with Gasteiger partial charge in [0.05, 0.1) is 6.61 Å². The molecule has 3 rings (SSSR count). The summed E-state index contributed by atoms with van der Waals surface area (Å²) in [7, 11) is 1.76. The SMILES string of the molecule is CN=C(NCc1ccnc(OC2CCCC2)c1)NCC1(CCO)CCOC1.I. The lowest BCUT2D eigenvalue weighted by atomic mass is 9.84. The van der Waals surface area contributed by atoms with E-state index < -0.39 is 0 Å². The molecule has 1 atom stereocenters. The van der Waals surface area contributed by atoms with E-state index >= 15 is 0 Å². The number of aliphatic hydroxyl groups is 1. The van der Waals surface area contributed by atoms with Gasteiger partial charge in [-0.05, 0) is 50.2 Å². The maximum absolute atomic E-state index is 9.35. The van der Waals surface area contributed by atoms with Gasteiger partial charge in [-0.1, -0.05) is 0 Å². The van der Waals surface area contributed by atoms with E-state index in [1.807, 2.05) is 12.1 Å². The molecule has 7 nitrogen and oxygen atoms in total. The highest BCUT2D eigenvalue weighted by Crippen LogP contribution is 2.31. The second kappa shape index (κ2) is 11.8. The summed E-state index contributed by atoms with van der Waals surface area (Å²) in [5, 5.41) is 16.1. The lowest BCUT2D eigenvalue weighted by Crippen LogP contribution is -2.44. The number of hydrogen-bond donors (Lipinski definition) is 3. The topological polar surface area (TPSA) is 88.0 Å². The quantitative estimate of drug-likeness (QED) is 0.287. The number of hydrogen-bond acceptors (Lipinski definition) is 5. The zero-order valence-corrected chi connectivity index (χ0v) is 19.0. The highest BCUT2D eigenvalue weighted by atomic mass is 127. The molecule has 1 saturated carbocycles. The van der Waals surface area contributed by atoms with Crippen LogP contribution >= 0.6 is 24.0 Å². The second-order valence-corrected chi connectivity index (χ2v) is 7.58. The van der Waals surface area contributed by atoms with Crippen LogP contribution in [0.4, 0.5) is 0 Å². The Kier molecular flexibility index (Phi) is 9.73. The first kappa shape index (κ1) is 23.2. The zero-order valence-electron chi connectivity index (χ0n) is 16.7. The number of guanidine groups is 1. The summed E-state index contributed by atoms with van der Waals surface area (Å²) in [6, 6.07) is 3.98. The summed E-state index contributed by atoms with van der Waals surface area (Å²) in [6.07, 6.45) is 8.55. The lowest BCUT2D eigenvalue weighted by Gasteiger charge is -2.27. The molecule has 0 radical (unpaired) electrons. The number of rotatable bonds is 8. The Morgan fingerprint density at radius 1 is 1.39 bits per heavy atom. The van der Waals surface area contributed by atoms with Crippen molar-refractivity contribution in [1.29, 1.82) is 0 Å². The summed E-state index contributed by atoms with van der Waals surface area (Å²) in [5.41, 5.74) is 1.10. The Bertz CT molecular complexity index is 617. The van der Waals surface area contributed by atoms with Crippen LogP contribution in [0.2, 0.25) is 0 Å². The molecule has 2 heterocycles. The summed E-state index contributed by atoms with van der Waals surface area (Å²) < 4.78 is 11.5. The normalized spacial score (nSPS) is 22.7. The summed E-state index contributed by atoms with van der Waals surface area (Å²) in [4.78, 5) is 8.64. The Labute approximate surface area is 184 Å². The number of ether oxygens (including phenoxy) is 2. The third-order valence-corrected chi connectivity index (χ3v) is 5.53. The molecule has 0 aromatic carbocycles. The van der Waals surface area contributed by atoms with Gasteiger partial charge in [-0.3, -0.25) is 4.99 Å². The molecule has 2 fully saturated rings. The van der Waals surface area contributed by atoms with Gasteiger partial charge in [0.15, 0.2) is 5.96 Å². The second-order valence-electron chi connectivity index (χ2n) is 7.58. The van der Waals surface area contributed by atoms with Crippen LogP contribution in [0.1, 0.15) is 44.1 Å². The zero-order chi connectivity index (χ0) is 19.0. The first-order valence-electron chi connectivity index (χ1n) is 9.98. The first-order chi connectivity index (χ1) is 13.2. The average Bonchev–Trinajstić information content (AvgIpc) is 3.35. The molecule has 1 saturated heterocycles. The van der Waals surface area contributed by atoms with Crippen molar-refractivity contribution in [2.75, 3.05) is 33.4 Å². The van der Waals surface area contributed by atoms with Gasteiger partial charge in [-0.15, -0.1) is 24.0 Å². The van der Waals surface area contributed by atoms with E-state index in [9.17, 15) is 5.11 Å². The van der Waals surface area contributed by atoms with Gasteiger partial charge < -0.3 is 25.2 Å². The van der Waals surface area contributed by atoms with Crippen molar-refractivity contribution < 1.29 is 14.6 Å². The fourth-order valence-corrected chi connectivity index (χ4v) is 3.79. The maximum atomic E-state index is 9.35. The molecule has 1 aliphatic carbocycles. The molecule has 2 aliphatic rings. The molecule has 28 heavy (non-hydrogen) atoms. The van der Waals surface area contributed by atoms with E-state index in [2.05, 4.69) is 20.6 Å². The van der Waals surface area contributed by atoms with E-state index in [0.717, 1.165) is 50.4 Å². The minimum Gasteiger partial charge on any atom is -0.474 e. The van der Waals surface area contributed by atoms with Crippen molar-refractivity contribution in [3.8, 4) is 5.88 Å². The van der Waals surface area contributed by atoms with E-state index in [1.165, 1.54) is 12.8 Å². The van der Waals surface area contributed by atoms with Crippen molar-refractivity contribution in [3.63, 3.8) is 0 Å². The number of aromatic nitrogens is 1. The highest BCUT2D eigenvalue weighted by Gasteiger charge is 2.34. The monoisotopic (exact) mass is 504 g/mol. The van der Waals surface area contributed by atoms with E-state index in [4.69, 9.17) is 9.47 Å². The molecular weight excluding hydrogens is 471 g/mol. The van der Waals surface area contributed by atoms with Gasteiger partial charge >= 0.3 is 0 Å². The molecule has 0 spiro atoms. The third-order valence-electron chi connectivity index (χ3n) is 5.53. The first-order valence-corrected chi connectivity index (χ1v) is 9.98. The molecule has 0 bridgehead atoms. The lowest BCUT2D eigenvalue weighted by molar-refractivity contribution is 0.127. The fourth-order valence-electron chi connectivity index (χ4n) is 3.79. The van der Waals surface area contributed by atoms with Gasteiger partial charge in [-0.25, -0.2) is 4.98 Å². The fraction of sp³-hybridized carbons (Fsp3) is 0.700. The summed E-state index contributed by atoms with van der Waals surface area (Å²) in [6.45, 7) is 3.00. The Balaban J connectivity index is 0.00000280. The van der Waals surface area contributed by atoms with Crippen molar-refractivity contribution in [2.24, 2.45) is 10.4 Å². The Hall–Kier alpha value is -1.13. The largest absolute Gasteiger partial charge is 0.474 e. The van der Waals surface area contributed by atoms with Gasteiger partial charge in [0.1, 0.15) is 6.10 Å². The number of nitrogens with one attached hydrogen (secondary N) is 2. The Morgan fingerprint density at radius 3 is 2.89 bits per heavy atom. The van der Waals surface area contributed by atoms with E-state index in [0.29, 0.717) is 25.1 Å². The van der Waals surface area contributed by atoms with Crippen LogP contribution in [0.25, 0.3) is 0 Å². The number of nitrogens with zero attached hydrogens (tertiary/aromatic N) is 2. The number of aliphatic imine (C=N–C) groups is 1. The van der Waals surface area contributed by atoms with Gasteiger partial charge in [0, 0.05) is 51.0 Å². The van der Waals surface area contributed by atoms with Crippen LogP contribution in [0.5, 0.6) is 5.88 Å². The number of aliphatic hydroxyl groups excluding tert-OH is 1. The molecule has 158 valence electrons. The van der Waals surface area contributed by atoms with Crippen molar-refractivity contribution in [3.05, 3.63) is 23.9 Å². The van der Waals surface area contributed by atoms with Gasteiger partial charge in [-0.2, -0.15) is 0 Å². The molecule has 8 heteroatoms. The molecule has 1 unspecified atom stereocenters. The van der Waals surface area contributed by atoms with Crippen molar-refractivity contribution >= 4 is 29.9 Å². The van der Waals surface area contributed by atoms with Crippen LogP contribution < -0.4 is 15.4 Å². The van der Waals surface area contributed by atoms with Crippen LogP contribution in [-0.4, -0.2) is 55.6 Å². The predicted octanol–water partition coefficient (Wildman–Crippen LogP) is 2.48. The van der Waals surface area contributed by atoms with Crippen LogP contribution in [-0.2, 0) is 11.3 Å². The third kappa shape index (κ3) is 6.73. The molecule has 1 aromatic heterocycles. The van der Waals surface area contributed by atoms with Crippen molar-refractivity contribution in [2.45, 2.75) is 51.2 Å². The van der Waals surface area contributed by atoms with Crippen LogP contribution in [0.3, 0.4) is 0 Å². The minimum atomic E-state index is -0.00860. The minimum absolute atomic E-state index is 0. The smallest absolute Gasteiger partial charge is 0.213 e. The maximum Gasteiger partial charge on any atom is 0.213 e. The van der Waals surface area contributed by atoms with E-state index in [1.54, 1.807) is 13.2 Å². The molecule has 1 aromatic rings. The van der Waals surface area contributed by atoms with Crippen LogP contribution in [0, 0.1) is 5.41 Å². The Morgan fingerprint density at radius 2 is 2.21 bits per heavy atom. The predicted molar refractivity (Wildman–Crippen MR) is 120 cm³/mol. The van der Waals surface area contributed by atoms with Gasteiger partial charge in [0.25, 0.3) is 0 Å². The number of halogens is 1. The molecule has 0 amide bonds. The summed E-state index contributed by atoms with van der Waals surface area (Å²) >= 11 is 0. The van der Waals surface area contributed by atoms with Crippen molar-refractivity contribution in [1.82, 2.24) is 15.6 Å².